The lowest BCUT2D eigenvalue weighted by Gasteiger charge is -2.11. The molecule has 4 rings (SSSR count). The standard InChI is InChI=1S/C18H13FN4O2S2/c19-15-6-1-2-7-16(15)23-27(24,25)13-5-3-4-12(10-13)22-17-14-8-9-26-18(14)21-11-20-17/h1-11,23H,(H,20,21,22). The molecule has 4 aromatic rings. The highest BCUT2D eigenvalue weighted by Crippen LogP contribution is 2.27. The maximum absolute atomic E-state index is 13.8. The van der Waals surface area contributed by atoms with Gasteiger partial charge in [0.05, 0.1) is 16.0 Å². The normalized spacial score (nSPS) is 11.4. The largest absolute Gasteiger partial charge is 0.340 e. The van der Waals surface area contributed by atoms with Crippen LogP contribution in [0.25, 0.3) is 10.2 Å². The minimum atomic E-state index is -3.94. The number of rotatable bonds is 5. The van der Waals surface area contributed by atoms with Crippen LogP contribution in [0.15, 0.2) is 71.2 Å². The van der Waals surface area contributed by atoms with Crippen molar-refractivity contribution in [3.8, 4) is 0 Å². The first-order valence-corrected chi connectivity index (χ1v) is 10.2. The number of benzene rings is 2. The minimum absolute atomic E-state index is 0.00590. The second kappa shape index (κ2) is 6.93. The van der Waals surface area contributed by atoms with Crippen LogP contribution in [-0.4, -0.2) is 18.4 Å². The van der Waals surface area contributed by atoms with Gasteiger partial charge in [-0.2, -0.15) is 0 Å². The predicted molar refractivity (Wildman–Crippen MR) is 104 cm³/mol. The Balaban J connectivity index is 1.64. The second-order valence-corrected chi connectivity index (χ2v) is 8.18. The molecule has 0 fully saturated rings. The zero-order chi connectivity index (χ0) is 18.9. The van der Waals surface area contributed by atoms with Crippen LogP contribution in [0.2, 0.25) is 0 Å². The Bertz CT molecular complexity index is 1220. The molecule has 0 amide bonds. The molecule has 0 saturated heterocycles. The lowest BCUT2D eigenvalue weighted by Crippen LogP contribution is -2.14. The van der Waals surface area contributed by atoms with E-state index in [4.69, 9.17) is 0 Å². The number of para-hydroxylation sites is 1. The van der Waals surface area contributed by atoms with Crippen molar-refractivity contribution >= 4 is 48.8 Å². The first-order chi connectivity index (χ1) is 13.0. The fraction of sp³-hybridized carbons (Fsp3) is 0. The van der Waals surface area contributed by atoms with E-state index in [9.17, 15) is 12.8 Å². The molecule has 2 aromatic heterocycles. The van der Waals surface area contributed by atoms with Crippen LogP contribution in [0.4, 0.5) is 21.6 Å². The summed E-state index contributed by atoms with van der Waals surface area (Å²) in [6, 6.07) is 13.7. The summed E-state index contributed by atoms with van der Waals surface area (Å²) < 4.78 is 41.2. The van der Waals surface area contributed by atoms with Crippen molar-refractivity contribution in [1.29, 1.82) is 0 Å². The number of fused-ring (bicyclic) bond motifs is 1. The molecule has 0 saturated carbocycles. The van der Waals surface area contributed by atoms with Gasteiger partial charge in [0.15, 0.2) is 0 Å². The highest BCUT2D eigenvalue weighted by molar-refractivity contribution is 7.92. The molecule has 27 heavy (non-hydrogen) atoms. The smallest absolute Gasteiger partial charge is 0.262 e. The van der Waals surface area contributed by atoms with E-state index in [2.05, 4.69) is 20.0 Å². The lowest BCUT2D eigenvalue weighted by atomic mass is 10.3. The van der Waals surface area contributed by atoms with Gasteiger partial charge in [-0.15, -0.1) is 11.3 Å². The summed E-state index contributed by atoms with van der Waals surface area (Å²) in [6.45, 7) is 0. The molecule has 2 heterocycles. The van der Waals surface area contributed by atoms with Gasteiger partial charge < -0.3 is 5.32 Å². The van der Waals surface area contributed by atoms with Crippen molar-refractivity contribution in [2.24, 2.45) is 0 Å². The van der Waals surface area contributed by atoms with E-state index >= 15 is 0 Å². The molecule has 0 aliphatic rings. The summed E-state index contributed by atoms with van der Waals surface area (Å²) in [4.78, 5) is 9.23. The van der Waals surface area contributed by atoms with Crippen molar-refractivity contribution < 1.29 is 12.8 Å². The molecular weight excluding hydrogens is 387 g/mol. The van der Waals surface area contributed by atoms with Crippen LogP contribution in [0.3, 0.4) is 0 Å². The van der Waals surface area contributed by atoms with E-state index in [1.807, 2.05) is 11.4 Å². The maximum Gasteiger partial charge on any atom is 0.262 e. The summed E-state index contributed by atoms with van der Waals surface area (Å²) in [5, 5.41) is 5.86. The monoisotopic (exact) mass is 400 g/mol. The molecule has 0 atom stereocenters. The third kappa shape index (κ3) is 3.60. The van der Waals surface area contributed by atoms with Crippen LogP contribution in [0.1, 0.15) is 0 Å². The quantitative estimate of drug-likeness (QED) is 0.520. The average molecular weight is 400 g/mol. The fourth-order valence-corrected chi connectivity index (χ4v) is 4.36. The van der Waals surface area contributed by atoms with Gasteiger partial charge in [-0.3, -0.25) is 4.72 Å². The summed E-state index contributed by atoms with van der Waals surface area (Å²) in [5.41, 5.74) is 0.434. The van der Waals surface area contributed by atoms with Gasteiger partial charge in [0.1, 0.15) is 22.8 Å². The number of hydrogen-bond acceptors (Lipinski definition) is 6. The van der Waals surface area contributed by atoms with E-state index < -0.39 is 15.8 Å². The van der Waals surface area contributed by atoms with Crippen LogP contribution in [0, 0.1) is 5.82 Å². The predicted octanol–water partition coefficient (Wildman–Crippen LogP) is 4.37. The molecule has 0 unspecified atom stereocenters. The molecule has 0 aliphatic heterocycles. The molecule has 2 N–H and O–H groups in total. The van der Waals surface area contributed by atoms with E-state index in [1.54, 1.807) is 18.2 Å². The molecule has 0 radical (unpaired) electrons. The third-order valence-corrected chi connectivity index (χ3v) is 5.97. The first-order valence-electron chi connectivity index (χ1n) is 7.85. The van der Waals surface area contributed by atoms with E-state index in [1.165, 1.54) is 48.0 Å². The highest BCUT2D eigenvalue weighted by atomic mass is 32.2. The van der Waals surface area contributed by atoms with Crippen LogP contribution in [0.5, 0.6) is 0 Å². The van der Waals surface area contributed by atoms with E-state index in [-0.39, 0.29) is 10.6 Å². The zero-order valence-corrected chi connectivity index (χ0v) is 15.4. The Hall–Kier alpha value is -3.04. The third-order valence-electron chi connectivity index (χ3n) is 3.79. The number of aromatic nitrogens is 2. The molecule has 9 heteroatoms. The number of hydrogen-bond donors (Lipinski definition) is 2. The van der Waals surface area contributed by atoms with Crippen LogP contribution >= 0.6 is 11.3 Å². The number of thiophene rings is 1. The van der Waals surface area contributed by atoms with E-state index in [0.29, 0.717) is 11.5 Å². The Morgan fingerprint density at radius 2 is 1.85 bits per heavy atom. The Labute approximate surface area is 158 Å². The Morgan fingerprint density at radius 1 is 1.00 bits per heavy atom. The topological polar surface area (TPSA) is 84.0 Å². The number of halogens is 1. The van der Waals surface area contributed by atoms with Crippen molar-refractivity contribution in [3.63, 3.8) is 0 Å². The maximum atomic E-state index is 13.8. The summed E-state index contributed by atoms with van der Waals surface area (Å²) >= 11 is 1.49. The minimum Gasteiger partial charge on any atom is -0.340 e. The fourth-order valence-electron chi connectivity index (χ4n) is 2.52. The zero-order valence-electron chi connectivity index (χ0n) is 13.8. The van der Waals surface area contributed by atoms with Gasteiger partial charge in [-0.1, -0.05) is 18.2 Å². The molecule has 0 aliphatic carbocycles. The first kappa shape index (κ1) is 17.4. The van der Waals surface area contributed by atoms with Gasteiger partial charge in [-0.25, -0.2) is 22.8 Å². The number of anilines is 3. The lowest BCUT2D eigenvalue weighted by molar-refractivity contribution is 0.598. The molecule has 2 aromatic carbocycles. The van der Waals surface area contributed by atoms with Gasteiger partial charge in [0.2, 0.25) is 0 Å². The van der Waals surface area contributed by atoms with Gasteiger partial charge >= 0.3 is 0 Å². The van der Waals surface area contributed by atoms with Gasteiger partial charge in [0, 0.05) is 5.69 Å². The molecule has 6 nitrogen and oxygen atoms in total. The average Bonchev–Trinajstić information content (AvgIpc) is 3.14. The molecule has 0 bridgehead atoms. The Morgan fingerprint density at radius 3 is 2.70 bits per heavy atom. The van der Waals surface area contributed by atoms with E-state index in [0.717, 1.165) is 10.2 Å². The summed E-state index contributed by atoms with van der Waals surface area (Å²) in [7, 11) is -3.94. The van der Waals surface area contributed by atoms with Crippen molar-refractivity contribution in [2.45, 2.75) is 4.90 Å². The molecule has 136 valence electrons. The van der Waals surface area contributed by atoms with Crippen LogP contribution in [-0.2, 0) is 10.0 Å². The number of nitrogens with one attached hydrogen (secondary N) is 2. The molecular formula is C18H13FN4O2S2. The number of nitrogens with zero attached hydrogens (tertiary/aromatic N) is 2. The van der Waals surface area contributed by atoms with Crippen molar-refractivity contribution in [2.75, 3.05) is 10.0 Å². The Kier molecular flexibility index (Phi) is 4.46. The summed E-state index contributed by atoms with van der Waals surface area (Å²) in [6.07, 6.45) is 1.45. The van der Waals surface area contributed by atoms with Crippen LogP contribution < -0.4 is 10.0 Å². The summed E-state index contributed by atoms with van der Waals surface area (Å²) in [5.74, 6) is -0.0611. The van der Waals surface area contributed by atoms with Gasteiger partial charge in [-0.05, 0) is 41.8 Å². The second-order valence-electron chi connectivity index (χ2n) is 5.60. The highest BCUT2D eigenvalue weighted by Gasteiger charge is 2.17. The van der Waals surface area contributed by atoms with Crippen molar-refractivity contribution in [3.05, 3.63) is 72.1 Å². The number of sulfonamides is 1. The SMILES string of the molecule is O=S(=O)(Nc1ccccc1F)c1cccc(Nc2ncnc3sccc23)c1. The molecule has 0 spiro atoms. The van der Waals surface area contributed by atoms with Crippen molar-refractivity contribution in [1.82, 2.24) is 9.97 Å². The van der Waals surface area contributed by atoms with Gasteiger partial charge in [0.25, 0.3) is 10.0 Å².